The fourth-order valence-electron chi connectivity index (χ4n) is 5.10. The van der Waals surface area contributed by atoms with Gasteiger partial charge in [0, 0.05) is 19.6 Å². The molecule has 1 atom stereocenters. The first-order chi connectivity index (χ1) is 21.5. The maximum atomic E-state index is 16.1. The van der Waals surface area contributed by atoms with Crippen molar-refractivity contribution >= 4 is 17.8 Å². The summed E-state index contributed by atoms with van der Waals surface area (Å²) in [6.07, 6.45) is 0.822. The number of nitrogens with zero attached hydrogens (tertiary/aromatic N) is 2. The highest BCUT2D eigenvalue weighted by atomic mass is 19.1. The number of piperidine rings is 1. The van der Waals surface area contributed by atoms with Crippen LogP contribution in [0, 0.1) is 24.5 Å². The van der Waals surface area contributed by atoms with E-state index in [0.29, 0.717) is 30.5 Å². The quantitative estimate of drug-likeness (QED) is 0.225. The Morgan fingerprint density at radius 1 is 0.978 bits per heavy atom. The Kier molecular flexibility index (Phi) is 9.05. The van der Waals surface area contributed by atoms with Gasteiger partial charge in [-0.05, 0) is 72.4 Å². The molecular formula is C33H30F2N4O6. The van der Waals surface area contributed by atoms with Crippen LogP contribution in [0.2, 0.25) is 0 Å². The van der Waals surface area contributed by atoms with Gasteiger partial charge < -0.3 is 30.9 Å². The van der Waals surface area contributed by atoms with E-state index in [1.807, 2.05) is 24.3 Å². The minimum atomic E-state index is -1.46. The number of ether oxygens (including phenoxy) is 2. The molecule has 45 heavy (non-hydrogen) atoms. The maximum Gasteiger partial charge on any atom is 0.339 e. The number of likely N-dealkylation sites (tertiary alicyclic amines) is 1. The molecule has 0 aliphatic carbocycles. The summed E-state index contributed by atoms with van der Waals surface area (Å²) in [7, 11) is 0. The molecule has 2 amide bonds. The molecule has 0 spiro atoms. The van der Waals surface area contributed by atoms with Gasteiger partial charge in [0.25, 0.3) is 17.7 Å². The van der Waals surface area contributed by atoms with Crippen LogP contribution in [0.5, 0.6) is 23.3 Å². The number of aryl methyl sites for hydroxylation is 1. The average Bonchev–Trinajstić information content (AvgIpc) is 3.03. The zero-order valence-electron chi connectivity index (χ0n) is 24.3. The Labute approximate surface area is 257 Å². The molecule has 12 heteroatoms. The number of hydrogen-bond donors (Lipinski definition) is 3. The summed E-state index contributed by atoms with van der Waals surface area (Å²) < 4.78 is 43.5. The molecule has 5 N–H and O–H groups in total. The van der Waals surface area contributed by atoms with E-state index in [0.717, 1.165) is 16.0 Å². The monoisotopic (exact) mass is 616 g/mol. The third-order valence-electron chi connectivity index (χ3n) is 7.46. The standard InChI is InChI=1S/C33H30F2N4O6/c1-18-10-11-24(33(42)43)25(13-18)45-31-28(35)26(32(41)39-12-4-8-22(17-39)29(37)40)27(34)30(38-31)44-23-9-3-7-21(15-23)20-6-2-5-19(14-20)16-36/h2-3,5-7,9-11,13-15,22H,4,8,12,16-17,36H2,1H3,(H2,37,40)(H,42,43). The Morgan fingerprint density at radius 3 is 2.36 bits per heavy atom. The van der Waals surface area contributed by atoms with Gasteiger partial charge in [-0.3, -0.25) is 9.59 Å². The lowest BCUT2D eigenvalue weighted by atomic mass is 9.97. The van der Waals surface area contributed by atoms with Crippen LogP contribution < -0.4 is 20.9 Å². The van der Waals surface area contributed by atoms with Crippen LogP contribution in [0.3, 0.4) is 0 Å². The Hall–Kier alpha value is -5.36. The van der Waals surface area contributed by atoms with E-state index in [1.54, 1.807) is 25.1 Å². The lowest BCUT2D eigenvalue weighted by Crippen LogP contribution is -2.44. The van der Waals surface area contributed by atoms with Gasteiger partial charge in [-0.2, -0.15) is 13.8 Å². The highest BCUT2D eigenvalue weighted by molar-refractivity contribution is 5.96. The molecule has 4 aromatic rings. The van der Waals surface area contributed by atoms with E-state index in [9.17, 15) is 19.5 Å². The zero-order chi connectivity index (χ0) is 32.2. The van der Waals surface area contributed by atoms with Gasteiger partial charge in [-0.15, -0.1) is 0 Å². The summed E-state index contributed by atoms with van der Waals surface area (Å²) >= 11 is 0. The number of rotatable bonds is 9. The SMILES string of the molecule is Cc1ccc(C(=O)O)c(Oc2nc(Oc3cccc(-c4cccc(CN)c4)c3)c(F)c(C(=O)N3CCCC(C(N)=O)C3)c2F)c1. The molecule has 5 rings (SSSR count). The average molecular weight is 617 g/mol. The lowest BCUT2D eigenvalue weighted by Gasteiger charge is -2.31. The number of halogens is 2. The van der Waals surface area contributed by atoms with Crippen LogP contribution in [0.25, 0.3) is 11.1 Å². The van der Waals surface area contributed by atoms with Crippen molar-refractivity contribution in [3.05, 3.63) is 101 Å². The number of aromatic carboxylic acids is 1. The van der Waals surface area contributed by atoms with E-state index in [1.165, 1.54) is 24.3 Å². The maximum absolute atomic E-state index is 16.1. The van der Waals surface area contributed by atoms with Crippen molar-refractivity contribution in [2.24, 2.45) is 17.4 Å². The lowest BCUT2D eigenvalue weighted by molar-refractivity contribution is -0.123. The van der Waals surface area contributed by atoms with Crippen molar-refractivity contribution in [1.82, 2.24) is 9.88 Å². The van der Waals surface area contributed by atoms with Crippen molar-refractivity contribution in [1.29, 1.82) is 0 Å². The van der Waals surface area contributed by atoms with Crippen molar-refractivity contribution in [2.45, 2.75) is 26.3 Å². The molecule has 0 radical (unpaired) electrons. The summed E-state index contributed by atoms with van der Waals surface area (Å²) in [4.78, 5) is 42.3. The van der Waals surface area contributed by atoms with E-state index in [-0.39, 0.29) is 30.2 Å². The molecule has 2 heterocycles. The largest absolute Gasteiger partial charge is 0.478 e. The van der Waals surface area contributed by atoms with E-state index in [4.69, 9.17) is 20.9 Å². The van der Waals surface area contributed by atoms with E-state index < -0.39 is 52.7 Å². The zero-order valence-corrected chi connectivity index (χ0v) is 24.3. The normalized spacial score (nSPS) is 14.6. The van der Waals surface area contributed by atoms with Gasteiger partial charge in [0.05, 0.1) is 5.92 Å². The fraction of sp³-hybridized carbons (Fsp3) is 0.212. The van der Waals surface area contributed by atoms with Crippen molar-refractivity contribution < 1.29 is 37.7 Å². The number of primary amides is 1. The smallest absolute Gasteiger partial charge is 0.339 e. The second-order valence-electron chi connectivity index (χ2n) is 10.7. The first-order valence-electron chi connectivity index (χ1n) is 14.1. The van der Waals surface area contributed by atoms with Gasteiger partial charge in [0.2, 0.25) is 17.5 Å². The van der Waals surface area contributed by atoms with Crippen LogP contribution in [0.15, 0.2) is 66.7 Å². The molecule has 0 saturated carbocycles. The first kappa shape index (κ1) is 31.1. The summed E-state index contributed by atoms with van der Waals surface area (Å²) in [6, 6.07) is 18.2. The number of carboxylic acid groups (broad SMARTS) is 1. The Bertz CT molecular complexity index is 1800. The van der Waals surface area contributed by atoms with Gasteiger partial charge in [0.15, 0.2) is 0 Å². The van der Waals surface area contributed by atoms with Crippen LogP contribution >= 0.6 is 0 Å². The molecule has 3 aromatic carbocycles. The second-order valence-corrected chi connectivity index (χ2v) is 10.7. The fourth-order valence-corrected chi connectivity index (χ4v) is 5.10. The number of benzene rings is 3. The van der Waals surface area contributed by atoms with Crippen molar-refractivity contribution in [2.75, 3.05) is 13.1 Å². The number of aromatic nitrogens is 1. The van der Waals surface area contributed by atoms with Gasteiger partial charge in [-0.25, -0.2) is 4.79 Å². The molecule has 10 nitrogen and oxygen atoms in total. The second kappa shape index (κ2) is 13.1. The number of carbonyl (C=O) groups excluding carboxylic acids is 2. The summed E-state index contributed by atoms with van der Waals surface area (Å²) in [5.41, 5.74) is 12.9. The molecule has 1 unspecified atom stereocenters. The molecule has 1 saturated heterocycles. The van der Waals surface area contributed by atoms with E-state index >= 15 is 8.78 Å². The number of carbonyl (C=O) groups is 3. The van der Waals surface area contributed by atoms with Crippen molar-refractivity contribution in [3.63, 3.8) is 0 Å². The highest BCUT2D eigenvalue weighted by Gasteiger charge is 2.34. The van der Waals surface area contributed by atoms with Crippen molar-refractivity contribution in [3.8, 4) is 34.4 Å². The minimum absolute atomic E-state index is 0.113. The molecule has 1 fully saturated rings. The Morgan fingerprint density at radius 2 is 1.67 bits per heavy atom. The third-order valence-corrected chi connectivity index (χ3v) is 7.46. The summed E-state index contributed by atoms with van der Waals surface area (Å²) in [6.45, 7) is 1.99. The number of amides is 2. The van der Waals surface area contributed by atoms with E-state index in [2.05, 4.69) is 4.98 Å². The van der Waals surface area contributed by atoms with Gasteiger partial charge >= 0.3 is 5.97 Å². The third kappa shape index (κ3) is 6.75. The number of carboxylic acids is 1. The molecule has 232 valence electrons. The number of pyridine rings is 1. The summed E-state index contributed by atoms with van der Waals surface area (Å²) in [5, 5.41) is 9.65. The van der Waals surface area contributed by atoms with Gasteiger partial charge in [-0.1, -0.05) is 36.4 Å². The molecular weight excluding hydrogens is 586 g/mol. The predicted octanol–water partition coefficient (Wildman–Crippen LogP) is 5.41. The van der Waals surface area contributed by atoms with Crippen LogP contribution in [0.1, 0.15) is 44.7 Å². The Balaban J connectivity index is 1.59. The number of nitrogens with two attached hydrogens (primary N) is 2. The topological polar surface area (TPSA) is 158 Å². The van der Waals surface area contributed by atoms with Crippen LogP contribution in [-0.4, -0.2) is 45.9 Å². The molecule has 0 bridgehead atoms. The molecule has 1 aliphatic rings. The minimum Gasteiger partial charge on any atom is -0.478 e. The van der Waals surface area contributed by atoms with Crippen LogP contribution in [0.4, 0.5) is 8.78 Å². The summed E-state index contributed by atoms with van der Waals surface area (Å²) in [5.74, 6) is -8.43. The highest BCUT2D eigenvalue weighted by Crippen LogP contribution is 2.36. The molecule has 1 aromatic heterocycles. The molecule has 1 aliphatic heterocycles. The predicted molar refractivity (Wildman–Crippen MR) is 160 cm³/mol. The number of hydrogen-bond acceptors (Lipinski definition) is 7. The van der Waals surface area contributed by atoms with Gasteiger partial charge in [0.1, 0.15) is 22.6 Å². The first-order valence-corrected chi connectivity index (χ1v) is 14.1. The van der Waals surface area contributed by atoms with Crippen LogP contribution in [-0.2, 0) is 11.3 Å².